The molecule has 1 atom stereocenters. The van der Waals surface area contributed by atoms with Gasteiger partial charge in [0.25, 0.3) is 0 Å². The second kappa shape index (κ2) is 5.97. The van der Waals surface area contributed by atoms with Gasteiger partial charge in [0.1, 0.15) is 5.75 Å². The highest BCUT2D eigenvalue weighted by molar-refractivity contribution is 7.84. The van der Waals surface area contributed by atoms with Crippen LogP contribution in [-0.2, 0) is 27.8 Å². The Bertz CT molecular complexity index is 362. The molecule has 0 fully saturated rings. The molecule has 0 spiro atoms. The van der Waals surface area contributed by atoms with Crippen molar-refractivity contribution in [2.24, 2.45) is 0 Å². The van der Waals surface area contributed by atoms with Crippen LogP contribution in [0.5, 0.6) is 0 Å². The highest BCUT2D eigenvalue weighted by Gasteiger charge is 2.09. The van der Waals surface area contributed by atoms with Crippen LogP contribution in [0.25, 0.3) is 0 Å². The van der Waals surface area contributed by atoms with Crippen LogP contribution in [0.3, 0.4) is 0 Å². The summed E-state index contributed by atoms with van der Waals surface area (Å²) in [4.78, 5) is 14.6. The summed E-state index contributed by atoms with van der Waals surface area (Å²) in [6.07, 6.45) is 1.96. The third-order valence-corrected chi connectivity index (χ3v) is 3.80. The first-order chi connectivity index (χ1) is 7.11. The molecule has 1 rings (SSSR count). The van der Waals surface area contributed by atoms with Crippen molar-refractivity contribution >= 4 is 28.1 Å². The fraction of sp³-hybridized carbons (Fsp3) is 0.556. The predicted octanol–water partition coefficient (Wildman–Crippen LogP) is 1.43. The predicted molar refractivity (Wildman–Crippen MR) is 60.5 cm³/mol. The van der Waals surface area contributed by atoms with Gasteiger partial charge < -0.3 is 5.11 Å². The Labute approximate surface area is 94.8 Å². The number of aliphatic carboxylic acids is 1. The molecule has 0 aliphatic carbocycles. The molecule has 1 unspecified atom stereocenters. The number of thiazole rings is 1. The van der Waals surface area contributed by atoms with Crippen LogP contribution in [0.4, 0.5) is 0 Å². The molecule has 0 amide bonds. The lowest BCUT2D eigenvalue weighted by atomic mass is 10.3. The van der Waals surface area contributed by atoms with Crippen molar-refractivity contribution in [3.05, 3.63) is 16.1 Å². The number of carboxylic acids is 1. The maximum atomic E-state index is 11.3. The molecule has 4 nitrogen and oxygen atoms in total. The van der Waals surface area contributed by atoms with Crippen molar-refractivity contribution in [2.45, 2.75) is 25.5 Å². The molecule has 6 heteroatoms. The summed E-state index contributed by atoms with van der Waals surface area (Å²) >= 11 is 1.54. The van der Waals surface area contributed by atoms with Gasteiger partial charge in [-0.25, -0.2) is 4.98 Å². The van der Waals surface area contributed by atoms with Gasteiger partial charge in [-0.3, -0.25) is 9.00 Å². The number of hydrogen-bond acceptors (Lipinski definition) is 4. The molecule has 0 aliphatic rings. The Morgan fingerprint density at radius 3 is 3.00 bits per heavy atom. The number of carboxylic acid groups (broad SMARTS) is 1. The Morgan fingerprint density at radius 1 is 1.67 bits per heavy atom. The van der Waals surface area contributed by atoms with Gasteiger partial charge in [0, 0.05) is 16.2 Å². The van der Waals surface area contributed by atoms with Crippen LogP contribution in [0.1, 0.15) is 24.0 Å². The maximum Gasteiger partial charge on any atom is 0.316 e. The first kappa shape index (κ1) is 12.3. The molecule has 1 N–H and O–H groups in total. The zero-order valence-electron chi connectivity index (χ0n) is 8.43. The molecular weight excluding hydrogens is 234 g/mol. The van der Waals surface area contributed by atoms with Crippen molar-refractivity contribution in [1.82, 2.24) is 4.98 Å². The number of nitrogens with zero attached hydrogens (tertiary/aromatic N) is 1. The summed E-state index contributed by atoms with van der Waals surface area (Å²) in [5, 5.41) is 11.3. The third kappa shape index (κ3) is 4.53. The van der Waals surface area contributed by atoms with Crippen LogP contribution < -0.4 is 0 Å². The fourth-order valence-electron chi connectivity index (χ4n) is 1.10. The van der Waals surface area contributed by atoms with E-state index in [0.717, 1.165) is 23.5 Å². The van der Waals surface area contributed by atoms with Gasteiger partial charge in [0.15, 0.2) is 0 Å². The van der Waals surface area contributed by atoms with E-state index >= 15 is 0 Å². The second-order valence-corrected chi connectivity index (χ2v) is 5.50. The first-order valence-electron chi connectivity index (χ1n) is 4.62. The fourth-order valence-corrected chi connectivity index (χ4v) is 2.96. The molecule has 1 aromatic heterocycles. The maximum absolute atomic E-state index is 11.3. The number of rotatable bonds is 6. The lowest BCUT2D eigenvalue weighted by Crippen LogP contribution is -2.10. The van der Waals surface area contributed by atoms with Gasteiger partial charge in [0.2, 0.25) is 0 Å². The van der Waals surface area contributed by atoms with E-state index < -0.39 is 16.8 Å². The summed E-state index contributed by atoms with van der Waals surface area (Å²) < 4.78 is 11.3. The molecule has 1 aromatic rings. The topological polar surface area (TPSA) is 67.3 Å². The lowest BCUT2D eigenvalue weighted by Gasteiger charge is -1.95. The Kier molecular flexibility index (Phi) is 4.90. The molecule has 0 aliphatic heterocycles. The normalized spacial score (nSPS) is 12.6. The van der Waals surface area contributed by atoms with E-state index in [2.05, 4.69) is 11.9 Å². The molecule has 0 radical (unpaired) electrons. The summed E-state index contributed by atoms with van der Waals surface area (Å²) in [5.74, 6) is -1.09. The molecular formula is C9H13NO3S2. The lowest BCUT2D eigenvalue weighted by molar-refractivity contribution is -0.133. The van der Waals surface area contributed by atoms with E-state index in [4.69, 9.17) is 5.11 Å². The Morgan fingerprint density at radius 2 is 2.40 bits per heavy atom. The molecule has 0 bridgehead atoms. The quantitative estimate of drug-likeness (QED) is 0.825. The van der Waals surface area contributed by atoms with Crippen LogP contribution in [0, 0.1) is 0 Å². The Hall–Kier alpha value is -0.750. The SMILES string of the molecule is CCCc1nc(CS(=O)CC(=O)O)cs1. The van der Waals surface area contributed by atoms with Gasteiger partial charge in [-0.1, -0.05) is 6.92 Å². The van der Waals surface area contributed by atoms with E-state index in [1.54, 1.807) is 11.3 Å². The highest BCUT2D eigenvalue weighted by Crippen LogP contribution is 2.13. The second-order valence-electron chi connectivity index (χ2n) is 3.10. The van der Waals surface area contributed by atoms with Gasteiger partial charge in [0.05, 0.1) is 16.5 Å². The van der Waals surface area contributed by atoms with Gasteiger partial charge in [-0.2, -0.15) is 0 Å². The van der Waals surface area contributed by atoms with Gasteiger partial charge in [-0.05, 0) is 12.8 Å². The minimum Gasteiger partial charge on any atom is -0.481 e. The Balaban J connectivity index is 2.49. The van der Waals surface area contributed by atoms with E-state index in [-0.39, 0.29) is 11.5 Å². The van der Waals surface area contributed by atoms with E-state index in [1.165, 1.54) is 0 Å². The highest BCUT2D eigenvalue weighted by atomic mass is 32.2. The summed E-state index contributed by atoms with van der Waals surface area (Å²) in [6, 6.07) is 0. The molecule has 0 aromatic carbocycles. The zero-order chi connectivity index (χ0) is 11.3. The van der Waals surface area contributed by atoms with Crippen LogP contribution in [0.2, 0.25) is 0 Å². The van der Waals surface area contributed by atoms with Gasteiger partial charge >= 0.3 is 5.97 Å². The third-order valence-electron chi connectivity index (χ3n) is 1.66. The van der Waals surface area contributed by atoms with Crippen LogP contribution in [-0.4, -0.2) is 26.0 Å². The minimum absolute atomic E-state index is 0.243. The van der Waals surface area contributed by atoms with Gasteiger partial charge in [-0.15, -0.1) is 11.3 Å². The largest absolute Gasteiger partial charge is 0.481 e. The first-order valence-corrected chi connectivity index (χ1v) is 6.98. The van der Waals surface area contributed by atoms with Crippen molar-refractivity contribution in [3.8, 4) is 0 Å². The van der Waals surface area contributed by atoms with Crippen molar-refractivity contribution in [2.75, 3.05) is 5.75 Å². The summed E-state index contributed by atoms with van der Waals surface area (Å²) in [6.45, 7) is 2.07. The molecule has 1 heterocycles. The van der Waals surface area contributed by atoms with Crippen LogP contribution in [0.15, 0.2) is 5.38 Å². The average molecular weight is 247 g/mol. The average Bonchev–Trinajstić information content (AvgIpc) is 2.51. The summed E-state index contributed by atoms with van der Waals surface area (Å²) in [7, 11) is -1.35. The number of aromatic nitrogens is 1. The van der Waals surface area contributed by atoms with E-state index in [0.29, 0.717) is 0 Å². The van der Waals surface area contributed by atoms with Crippen LogP contribution >= 0.6 is 11.3 Å². The molecule has 0 saturated carbocycles. The molecule has 15 heavy (non-hydrogen) atoms. The van der Waals surface area contributed by atoms with E-state index in [1.807, 2.05) is 5.38 Å². The minimum atomic E-state index is -1.35. The molecule has 0 saturated heterocycles. The zero-order valence-corrected chi connectivity index (χ0v) is 10.1. The smallest absolute Gasteiger partial charge is 0.316 e. The monoisotopic (exact) mass is 247 g/mol. The van der Waals surface area contributed by atoms with Crippen molar-refractivity contribution in [3.63, 3.8) is 0 Å². The number of aryl methyl sites for hydroxylation is 1. The number of carbonyl (C=O) groups is 1. The summed E-state index contributed by atoms with van der Waals surface area (Å²) in [5.41, 5.74) is 0.739. The molecule has 84 valence electrons. The van der Waals surface area contributed by atoms with Crippen molar-refractivity contribution in [1.29, 1.82) is 0 Å². The number of hydrogen-bond donors (Lipinski definition) is 1. The van der Waals surface area contributed by atoms with Crippen molar-refractivity contribution < 1.29 is 14.1 Å². The standard InChI is InChI=1S/C9H13NO3S2/c1-2-3-8-10-7(4-14-8)5-15(13)6-9(11)12/h4H,2-3,5-6H2,1H3,(H,11,12). The van der Waals surface area contributed by atoms with E-state index in [9.17, 15) is 9.00 Å².